The zero-order valence-electron chi connectivity index (χ0n) is 22.7. The number of nitrogens with two attached hydrogens (primary N) is 1. The Morgan fingerprint density at radius 1 is 1.00 bits per heavy atom. The van der Waals surface area contributed by atoms with Gasteiger partial charge >= 0.3 is 15.6 Å². The first-order valence-corrected chi connectivity index (χ1v) is 15.8. The number of aromatic nitrogens is 5. The maximum Gasteiger partial charge on any atom is 0.481 e. The van der Waals surface area contributed by atoms with Crippen molar-refractivity contribution in [3.63, 3.8) is 0 Å². The van der Waals surface area contributed by atoms with Crippen LogP contribution in [0.4, 0.5) is 5.82 Å². The molecular weight excluding hydrogens is 634 g/mol. The van der Waals surface area contributed by atoms with Gasteiger partial charge in [-0.2, -0.15) is 8.88 Å². The van der Waals surface area contributed by atoms with E-state index in [1.54, 1.807) is 0 Å². The van der Waals surface area contributed by atoms with Gasteiger partial charge in [-0.1, -0.05) is 0 Å². The maximum atomic E-state index is 12.4. The molecule has 20 nitrogen and oxygen atoms in total. The van der Waals surface area contributed by atoms with Gasteiger partial charge in [-0.25, -0.2) is 24.1 Å². The second-order valence-electron chi connectivity index (χ2n) is 9.88. The van der Waals surface area contributed by atoms with Crippen LogP contribution in [0.15, 0.2) is 37.2 Å². The number of pyridine rings is 1. The van der Waals surface area contributed by atoms with E-state index in [0.717, 1.165) is 6.33 Å². The fourth-order valence-electron chi connectivity index (χ4n) is 4.64. The number of carbonyl (C=O) groups is 1. The average molecular weight is 663 g/mol. The number of phosphoric ester groups is 2. The topological polar surface area (TPSA) is 292 Å². The molecule has 3 aromatic rings. The van der Waals surface area contributed by atoms with Crippen molar-refractivity contribution in [1.29, 1.82) is 0 Å². The summed E-state index contributed by atoms with van der Waals surface area (Å²) in [6.07, 6.45) is -6.47. The van der Waals surface area contributed by atoms with Gasteiger partial charge in [0.2, 0.25) is 0 Å². The number of phosphoric acid groups is 2. The number of hydrogen-bond acceptors (Lipinski definition) is 16. The molecule has 2 aliphatic rings. The van der Waals surface area contributed by atoms with E-state index in [2.05, 4.69) is 19.3 Å². The molecule has 2 saturated heterocycles. The van der Waals surface area contributed by atoms with E-state index < -0.39 is 77.9 Å². The lowest BCUT2D eigenvalue weighted by atomic mass is 10.1. The van der Waals surface area contributed by atoms with Gasteiger partial charge in [0.05, 0.1) is 25.1 Å². The van der Waals surface area contributed by atoms with E-state index >= 15 is 0 Å². The van der Waals surface area contributed by atoms with Crippen LogP contribution in [0.1, 0.15) is 29.7 Å². The number of ketones is 1. The first kappa shape index (κ1) is 32.6. The molecule has 2 fully saturated rings. The number of anilines is 1. The first-order chi connectivity index (χ1) is 20.7. The summed E-state index contributed by atoms with van der Waals surface area (Å²) in [7, 11) is -10.7. The molecule has 5 heterocycles. The molecule has 0 aliphatic carbocycles. The Kier molecular flexibility index (Phi) is 9.28. The van der Waals surface area contributed by atoms with E-state index in [1.807, 2.05) is 0 Å². The second-order valence-corrected chi connectivity index (χ2v) is 12.9. The van der Waals surface area contributed by atoms with Gasteiger partial charge in [0, 0.05) is 6.07 Å². The molecule has 0 saturated carbocycles. The molecule has 4 unspecified atom stereocenters. The zero-order chi connectivity index (χ0) is 32.0. The van der Waals surface area contributed by atoms with Crippen molar-refractivity contribution in [2.45, 2.75) is 56.0 Å². The van der Waals surface area contributed by atoms with Crippen LogP contribution in [0.3, 0.4) is 0 Å². The van der Waals surface area contributed by atoms with Crippen LogP contribution in [0, 0.1) is 0 Å². The van der Waals surface area contributed by atoms with Crippen LogP contribution in [-0.2, 0) is 32.0 Å². The summed E-state index contributed by atoms with van der Waals surface area (Å²) in [6.45, 7) is -0.430. The van der Waals surface area contributed by atoms with Crippen molar-refractivity contribution in [3.8, 4) is 0 Å². The Labute approximate surface area is 247 Å². The molecule has 8 N–H and O–H groups in total. The highest BCUT2D eigenvalue weighted by Crippen LogP contribution is 2.60. The summed E-state index contributed by atoms with van der Waals surface area (Å²) in [6, 6.07) is 3.04. The third kappa shape index (κ3) is 6.73. The zero-order valence-corrected chi connectivity index (χ0v) is 24.4. The van der Waals surface area contributed by atoms with Gasteiger partial charge in [0.25, 0.3) is 6.23 Å². The number of fused-ring (bicyclic) bond motifs is 1. The van der Waals surface area contributed by atoms with Crippen LogP contribution in [-0.4, -0.2) is 105 Å². The molecule has 0 bridgehead atoms. The van der Waals surface area contributed by atoms with Crippen LogP contribution in [0.25, 0.3) is 11.2 Å². The second kappa shape index (κ2) is 12.5. The molecule has 5 rings (SSSR count). The normalized spacial score (nSPS) is 31.6. The minimum absolute atomic E-state index is 0.0547. The predicted octanol–water partition coefficient (Wildman–Crippen LogP) is -1.91. The highest BCUT2D eigenvalue weighted by atomic mass is 31.3. The first-order valence-electron chi connectivity index (χ1n) is 12.8. The smallest absolute Gasteiger partial charge is 0.387 e. The highest BCUT2D eigenvalue weighted by Gasteiger charge is 2.50. The Morgan fingerprint density at radius 3 is 2.30 bits per heavy atom. The molecule has 240 valence electrons. The maximum absolute atomic E-state index is 12.4. The van der Waals surface area contributed by atoms with E-state index in [-0.39, 0.29) is 22.8 Å². The molecule has 0 aromatic carbocycles. The van der Waals surface area contributed by atoms with Crippen molar-refractivity contribution in [1.82, 2.24) is 19.5 Å². The molecule has 3 aromatic heterocycles. The molecule has 2 aliphatic heterocycles. The lowest BCUT2D eigenvalue weighted by Crippen LogP contribution is -2.46. The largest absolute Gasteiger partial charge is 0.481 e. The van der Waals surface area contributed by atoms with E-state index in [0.29, 0.717) is 5.56 Å². The third-order valence-corrected chi connectivity index (χ3v) is 9.47. The highest BCUT2D eigenvalue weighted by molar-refractivity contribution is 7.61. The van der Waals surface area contributed by atoms with Crippen LogP contribution >= 0.6 is 15.6 Å². The summed E-state index contributed by atoms with van der Waals surface area (Å²) in [4.78, 5) is 43.6. The van der Waals surface area contributed by atoms with Gasteiger partial charge in [-0.3, -0.25) is 18.4 Å². The van der Waals surface area contributed by atoms with Gasteiger partial charge < -0.3 is 45.4 Å². The van der Waals surface area contributed by atoms with E-state index in [9.17, 15) is 44.1 Å². The number of rotatable bonds is 11. The monoisotopic (exact) mass is 663 g/mol. The summed E-state index contributed by atoms with van der Waals surface area (Å²) < 4.78 is 52.2. The molecule has 22 heteroatoms. The van der Waals surface area contributed by atoms with Gasteiger partial charge in [-0.05, 0) is 13.0 Å². The van der Waals surface area contributed by atoms with Gasteiger partial charge in [0.15, 0.2) is 42.0 Å². The number of nitrogen functional groups attached to an aromatic ring is 1. The Balaban J connectivity index is 1.16. The van der Waals surface area contributed by atoms with Crippen molar-refractivity contribution in [3.05, 3.63) is 42.7 Å². The number of nitrogens with zero attached hydrogens (tertiary/aromatic N) is 5. The Bertz CT molecular complexity index is 1630. The SMILES string of the molecule is CC(=O)c1ccc[n+]([C@@H]2O[C@H](COP(=O)(O)OP(=O)(O)OC[C@H]3O[C@@H](n4cnc5c(N)ncnc54)C(O)[C@H]3O)[C@H](O)C2O)c1. The van der Waals surface area contributed by atoms with Gasteiger partial charge in [-0.15, -0.1) is 0 Å². The summed E-state index contributed by atoms with van der Waals surface area (Å²) >= 11 is 0. The standard InChI is InChI=1S/C22H28N6O14P2/c1-10(29)11-3-2-4-27(5-11)21-17(32)15(30)12(40-21)6-38-43(34,35)42-44(36,37)39-7-13-16(31)18(33)22(41-13)28-9-26-14-19(23)24-8-25-20(14)28/h2-5,8-9,12-13,15-18,21-22,30-33H,6-7H2,1H3,(H3-,23,24,25,34,35,36,37)/p+1/t12-,13-,15+,16+,17?,18?,21-,22-/m1/s1. The quantitative estimate of drug-likeness (QED) is 0.0669. The predicted molar refractivity (Wildman–Crippen MR) is 141 cm³/mol. The number of aliphatic hydroxyl groups is 4. The van der Waals surface area contributed by atoms with Crippen molar-refractivity contribution in [2.75, 3.05) is 18.9 Å². The molecular formula is C22H29N6O14P2+. The van der Waals surface area contributed by atoms with Crippen LogP contribution in [0.2, 0.25) is 0 Å². The van der Waals surface area contributed by atoms with Crippen molar-refractivity contribution < 1.29 is 71.5 Å². The number of Topliss-reactive ketones (excluding diaryl/α,β-unsaturated/α-hetero) is 1. The number of carbonyl (C=O) groups excluding carboxylic acids is 1. The number of imidazole rings is 1. The number of hydrogen-bond donors (Lipinski definition) is 7. The van der Waals surface area contributed by atoms with Crippen LogP contribution < -0.4 is 10.3 Å². The Hall–Kier alpha value is -2.81. The molecule has 0 spiro atoms. The third-order valence-electron chi connectivity index (χ3n) is 6.87. The minimum atomic E-state index is -5.36. The minimum Gasteiger partial charge on any atom is -0.387 e. The lowest BCUT2D eigenvalue weighted by molar-refractivity contribution is -0.765. The number of aliphatic hydroxyl groups excluding tert-OH is 4. The van der Waals surface area contributed by atoms with Crippen molar-refractivity contribution in [2.24, 2.45) is 0 Å². The van der Waals surface area contributed by atoms with Gasteiger partial charge in [0.1, 0.15) is 42.4 Å². The van der Waals surface area contributed by atoms with Crippen LogP contribution in [0.5, 0.6) is 0 Å². The van der Waals surface area contributed by atoms with E-state index in [1.165, 1.54) is 46.9 Å². The Morgan fingerprint density at radius 2 is 1.64 bits per heavy atom. The van der Waals surface area contributed by atoms with E-state index in [4.69, 9.17) is 24.3 Å². The molecule has 44 heavy (non-hydrogen) atoms. The summed E-state index contributed by atoms with van der Waals surface area (Å²) in [5.41, 5.74) is 6.41. The lowest BCUT2D eigenvalue weighted by Gasteiger charge is -2.20. The van der Waals surface area contributed by atoms with Crippen molar-refractivity contribution >= 4 is 38.4 Å². The number of ether oxygens (including phenoxy) is 2. The molecule has 0 amide bonds. The summed E-state index contributed by atoms with van der Waals surface area (Å²) in [5, 5.41) is 41.7. The average Bonchev–Trinajstić information content (AvgIpc) is 3.61. The molecule has 0 radical (unpaired) electrons. The summed E-state index contributed by atoms with van der Waals surface area (Å²) in [5.74, 6) is -0.210. The fraction of sp³-hybridized carbons (Fsp3) is 0.500. The molecule has 10 atom stereocenters. The fourth-order valence-corrected chi connectivity index (χ4v) is 6.73.